The van der Waals surface area contributed by atoms with Crippen molar-refractivity contribution in [1.29, 1.82) is 0 Å². The number of hydrogen-bond donors (Lipinski definition) is 0. The predicted molar refractivity (Wildman–Crippen MR) is 125 cm³/mol. The second-order valence-corrected chi connectivity index (χ2v) is 8.57. The zero-order chi connectivity index (χ0) is 24.1. The van der Waals surface area contributed by atoms with Crippen LogP contribution in [0.3, 0.4) is 0 Å². The number of carbonyl (C=O) groups is 1. The molecule has 10 heteroatoms. The second-order valence-electron chi connectivity index (χ2n) is 8.57. The van der Waals surface area contributed by atoms with Gasteiger partial charge < -0.3 is 9.47 Å². The maximum Gasteiger partial charge on any atom is 0.387 e. The number of aryl methyl sites for hydroxylation is 1. The van der Waals surface area contributed by atoms with Gasteiger partial charge in [0, 0.05) is 35.9 Å². The minimum absolute atomic E-state index is 0.00564. The van der Waals surface area contributed by atoms with Crippen molar-refractivity contribution in [2.75, 3.05) is 9.80 Å². The van der Waals surface area contributed by atoms with E-state index >= 15 is 0 Å². The number of ether oxygens (including phenoxy) is 2. The predicted octanol–water partition coefficient (Wildman–Crippen LogP) is 5.39. The summed E-state index contributed by atoms with van der Waals surface area (Å²) < 4.78 is 37.3. The molecule has 0 spiro atoms. The molecule has 2 aromatic carbocycles. The van der Waals surface area contributed by atoms with Crippen LogP contribution in [0.15, 0.2) is 60.8 Å². The van der Waals surface area contributed by atoms with Crippen LogP contribution in [-0.2, 0) is 13.6 Å². The molecule has 1 fully saturated rings. The molecule has 0 bridgehead atoms. The van der Waals surface area contributed by atoms with E-state index in [2.05, 4.69) is 14.8 Å². The van der Waals surface area contributed by atoms with E-state index in [1.165, 1.54) is 17.0 Å². The van der Waals surface area contributed by atoms with E-state index in [-0.39, 0.29) is 17.9 Å². The first kappa shape index (κ1) is 21.3. The van der Waals surface area contributed by atoms with Crippen molar-refractivity contribution < 1.29 is 23.0 Å². The zero-order valence-electron chi connectivity index (χ0n) is 18.8. The minimum atomic E-state index is -2.93. The van der Waals surface area contributed by atoms with Crippen molar-refractivity contribution in [2.45, 2.75) is 32.1 Å². The smallest absolute Gasteiger partial charge is 0.387 e. The molecule has 8 nitrogen and oxygen atoms in total. The van der Waals surface area contributed by atoms with Crippen LogP contribution < -0.4 is 19.3 Å². The largest absolute Gasteiger partial charge is 0.474 e. The van der Waals surface area contributed by atoms with Gasteiger partial charge in [-0.1, -0.05) is 0 Å². The molecular weight excluding hydrogens is 456 g/mol. The van der Waals surface area contributed by atoms with Gasteiger partial charge >= 0.3 is 12.6 Å². The Hall–Kier alpha value is -4.21. The monoisotopic (exact) mass is 477 g/mol. The maximum absolute atomic E-state index is 13.8. The number of rotatable bonds is 6. The van der Waals surface area contributed by atoms with E-state index in [4.69, 9.17) is 4.74 Å². The van der Waals surface area contributed by atoms with Crippen LogP contribution in [0, 0.1) is 0 Å². The molecule has 2 aromatic heterocycles. The SMILES string of the molecule is Cn1cc2cc(N3Cc4ccc(OC5CC5)nc4N(c4ccc(OC(F)F)cc4)C3=O)ccc2n1. The van der Waals surface area contributed by atoms with Crippen molar-refractivity contribution in [3.63, 3.8) is 0 Å². The minimum Gasteiger partial charge on any atom is -0.474 e. The Morgan fingerprint density at radius 3 is 2.54 bits per heavy atom. The fourth-order valence-electron chi connectivity index (χ4n) is 4.16. The average Bonchev–Trinajstić information content (AvgIpc) is 3.56. The highest BCUT2D eigenvalue weighted by Gasteiger charge is 2.35. The van der Waals surface area contributed by atoms with Gasteiger partial charge in [0.2, 0.25) is 5.88 Å². The fourth-order valence-corrected chi connectivity index (χ4v) is 4.16. The molecule has 0 atom stereocenters. The number of anilines is 3. The lowest BCUT2D eigenvalue weighted by Crippen LogP contribution is -2.45. The van der Waals surface area contributed by atoms with E-state index in [0.717, 1.165) is 29.3 Å². The quantitative estimate of drug-likeness (QED) is 0.372. The molecule has 1 aliphatic heterocycles. The van der Waals surface area contributed by atoms with Gasteiger partial charge in [0.1, 0.15) is 17.7 Å². The van der Waals surface area contributed by atoms with Crippen LogP contribution in [-0.4, -0.2) is 33.5 Å². The molecule has 1 saturated carbocycles. The zero-order valence-corrected chi connectivity index (χ0v) is 18.8. The standard InChI is InChI=1S/C25H21F2N5O3/c1-30-13-16-12-18(5-10-21(16)29-30)31-14-15-2-11-22(34-19-8-9-19)28-23(15)32(25(31)33)17-3-6-20(7-4-17)35-24(26)27/h2-7,10-13,19,24H,8-9,14H2,1H3. The second kappa shape index (κ2) is 8.23. The third kappa shape index (κ3) is 4.11. The van der Waals surface area contributed by atoms with Gasteiger partial charge in [-0.05, 0) is 61.4 Å². The first-order valence-electron chi connectivity index (χ1n) is 11.2. The van der Waals surface area contributed by atoms with Gasteiger partial charge in [-0.2, -0.15) is 18.9 Å². The summed E-state index contributed by atoms with van der Waals surface area (Å²) in [6, 6.07) is 15.0. The number of halogens is 2. The number of nitrogens with zero attached hydrogens (tertiary/aromatic N) is 5. The van der Waals surface area contributed by atoms with Crippen molar-refractivity contribution in [2.24, 2.45) is 7.05 Å². The Morgan fingerprint density at radius 2 is 1.80 bits per heavy atom. The molecule has 0 unspecified atom stereocenters. The van der Waals surface area contributed by atoms with Crippen LogP contribution in [0.4, 0.5) is 30.8 Å². The lowest BCUT2D eigenvalue weighted by Gasteiger charge is -2.36. The fraction of sp³-hybridized carbons (Fsp3) is 0.240. The topological polar surface area (TPSA) is 72.7 Å². The lowest BCUT2D eigenvalue weighted by atomic mass is 10.1. The molecule has 0 saturated heterocycles. The Kier molecular flexibility index (Phi) is 5.01. The van der Waals surface area contributed by atoms with E-state index < -0.39 is 6.61 Å². The molecule has 35 heavy (non-hydrogen) atoms. The molecule has 3 heterocycles. The summed E-state index contributed by atoms with van der Waals surface area (Å²) in [6.07, 6.45) is 4.01. The third-order valence-electron chi connectivity index (χ3n) is 5.94. The van der Waals surface area contributed by atoms with Gasteiger partial charge in [-0.25, -0.2) is 9.69 Å². The van der Waals surface area contributed by atoms with Gasteiger partial charge in [-0.3, -0.25) is 9.58 Å². The summed E-state index contributed by atoms with van der Waals surface area (Å²) in [7, 11) is 1.85. The highest BCUT2D eigenvalue weighted by Crippen LogP contribution is 2.38. The number of carbonyl (C=O) groups excluding carboxylic acids is 1. The van der Waals surface area contributed by atoms with Crippen molar-refractivity contribution >= 4 is 34.1 Å². The Labute approximate surface area is 199 Å². The molecule has 6 rings (SSSR count). The number of aromatic nitrogens is 3. The van der Waals surface area contributed by atoms with Crippen LogP contribution >= 0.6 is 0 Å². The van der Waals surface area contributed by atoms with Gasteiger partial charge in [0.15, 0.2) is 0 Å². The Bertz CT molecular complexity index is 1420. The number of hydrogen-bond acceptors (Lipinski definition) is 5. The maximum atomic E-state index is 13.8. The van der Waals surface area contributed by atoms with Crippen molar-refractivity contribution in [1.82, 2.24) is 14.8 Å². The summed E-state index contributed by atoms with van der Waals surface area (Å²) in [4.78, 5) is 21.6. The summed E-state index contributed by atoms with van der Waals surface area (Å²) in [5.41, 5.74) is 2.84. The summed E-state index contributed by atoms with van der Waals surface area (Å²) >= 11 is 0. The molecule has 0 N–H and O–H groups in total. The van der Waals surface area contributed by atoms with Crippen molar-refractivity contribution in [3.05, 3.63) is 66.4 Å². The number of alkyl halides is 2. The van der Waals surface area contributed by atoms with Gasteiger partial charge in [0.25, 0.3) is 0 Å². The van der Waals surface area contributed by atoms with E-state index in [9.17, 15) is 13.6 Å². The van der Waals surface area contributed by atoms with E-state index in [1.807, 2.05) is 43.6 Å². The molecule has 0 radical (unpaired) electrons. The highest BCUT2D eigenvalue weighted by atomic mass is 19.3. The van der Waals surface area contributed by atoms with Crippen LogP contribution in [0.5, 0.6) is 11.6 Å². The molecule has 1 aliphatic carbocycles. The number of pyridine rings is 1. The number of fused-ring (bicyclic) bond motifs is 2. The summed E-state index contributed by atoms with van der Waals surface area (Å²) in [5, 5.41) is 5.31. The van der Waals surface area contributed by atoms with Crippen LogP contribution in [0.2, 0.25) is 0 Å². The Balaban J connectivity index is 1.41. The van der Waals surface area contributed by atoms with Gasteiger partial charge in [0.05, 0.1) is 17.7 Å². The summed E-state index contributed by atoms with van der Waals surface area (Å²) in [6.45, 7) is -2.61. The first-order chi connectivity index (χ1) is 16.9. The summed E-state index contributed by atoms with van der Waals surface area (Å²) in [5.74, 6) is 0.910. The van der Waals surface area contributed by atoms with E-state index in [1.54, 1.807) is 21.7 Å². The normalized spacial score (nSPS) is 15.6. The van der Waals surface area contributed by atoms with Crippen LogP contribution in [0.1, 0.15) is 18.4 Å². The molecule has 4 aromatic rings. The van der Waals surface area contributed by atoms with Crippen molar-refractivity contribution in [3.8, 4) is 11.6 Å². The molecule has 2 amide bonds. The first-order valence-corrected chi connectivity index (χ1v) is 11.2. The molecular formula is C25H21F2N5O3. The number of amides is 2. The van der Waals surface area contributed by atoms with E-state index in [0.29, 0.717) is 29.6 Å². The average molecular weight is 477 g/mol. The lowest BCUT2D eigenvalue weighted by molar-refractivity contribution is -0.0498. The molecule has 178 valence electrons. The Morgan fingerprint density at radius 1 is 1.03 bits per heavy atom. The van der Waals surface area contributed by atoms with Gasteiger partial charge in [-0.15, -0.1) is 0 Å². The number of benzene rings is 2. The molecule has 2 aliphatic rings. The highest BCUT2D eigenvalue weighted by molar-refractivity contribution is 6.10. The third-order valence-corrected chi connectivity index (χ3v) is 5.94. The van der Waals surface area contributed by atoms with Crippen LogP contribution in [0.25, 0.3) is 10.9 Å². The number of urea groups is 1.